The summed E-state index contributed by atoms with van der Waals surface area (Å²) in [5.41, 5.74) is 0. The maximum absolute atomic E-state index is 2.42. The van der Waals surface area contributed by atoms with Crippen molar-refractivity contribution in [1.82, 2.24) is 0 Å². The number of unbranched alkanes of at least 4 members (excludes halogenated alkanes) is 32. The summed E-state index contributed by atoms with van der Waals surface area (Å²) >= 11 is 0. The van der Waals surface area contributed by atoms with Gasteiger partial charge in [-0.3, -0.25) is 0 Å². The number of nitrogens with zero attached hydrogens (tertiary/aromatic N) is 1. The molecule has 0 fully saturated rings. The second-order valence-electron chi connectivity index (χ2n) is 15.5. The summed E-state index contributed by atoms with van der Waals surface area (Å²) in [6, 6.07) is 0. The van der Waals surface area contributed by atoms with E-state index >= 15 is 0 Å². The van der Waals surface area contributed by atoms with Gasteiger partial charge in [-0.1, -0.05) is 220 Å². The first-order valence-electron chi connectivity index (χ1n) is 22.1. The summed E-state index contributed by atoms with van der Waals surface area (Å²) in [5, 5.41) is 0. The van der Waals surface area contributed by atoms with Crippen LogP contribution in [-0.2, 0) is 0 Å². The van der Waals surface area contributed by atoms with Crippen molar-refractivity contribution in [3.05, 3.63) is 0 Å². The van der Waals surface area contributed by atoms with Crippen LogP contribution >= 0.6 is 0 Å². The molecule has 0 rings (SSSR count). The van der Waals surface area contributed by atoms with E-state index < -0.39 is 0 Å². The standard InChI is InChI=1S/C44H92N.ClH/c1-5-9-11-13-15-17-19-21-23-25-27-29-31-33-35-37-39-43-45(41-7-3,42-8-4)44-40-38-36-34-32-30-28-26-24-22-20-18-16-14-12-10-6-2;/h5-44H2,1-4H3;1H/q+1;/p-1. The summed E-state index contributed by atoms with van der Waals surface area (Å²) in [5.74, 6) is 0. The van der Waals surface area contributed by atoms with Crippen LogP contribution in [0.25, 0.3) is 0 Å². The fourth-order valence-corrected chi connectivity index (χ4v) is 7.96. The normalized spacial score (nSPS) is 11.7. The van der Waals surface area contributed by atoms with E-state index in [1.807, 2.05) is 0 Å². The van der Waals surface area contributed by atoms with Crippen molar-refractivity contribution in [3.8, 4) is 0 Å². The smallest absolute Gasteiger partial charge is 0.0786 e. The monoisotopic (exact) mass is 670 g/mol. The van der Waals surface area contributed by atoms with Crippen LogP contribution < -0.4 is 12.4 Å². The van der Waals surface area contributed by atoms with Crippen molar-refractivity contribution in [1.29, 1.82) is 0 Å². The molecule has 0 atom stereocenters. The molecular formula is C44H92ClN. The molecule has 0 aliphatic heterocycles. The molecule has 0 saturated heterocycles. The lowest BCUT2D eigenvalue weighted by Gasteiger charge is -2.39. The minimum Gasteiger partial charge on any atom is -1.00 e. The van der Waals surface area contributed by atoms with Gasteiger partial charge in [0, 0.05) is 0 Å². The zero-order chi connectivity index (χ0) is 32.8. The van der Waals surface area contributed by atoms with Crippen LogP contribution in [0.5, 0.6) is 0 Å². The predicted octanol–water partition coefficient (Wildman–Crippen LogP) is 12.9. The molecule has 0 saturated carbocycles. The van der Waals surface area contributed by atoms with Gasteiger partial charge in [-0.2, -0.15) is 0 Å². The van der Waals surface area contributed by atoms with Gasteiger partial charge in [-0.15, -0.1) is 0 Å². The van der Waals surface area contributed by atoms with Crippen LogP contribution in [0.1, 0.15) is 259 Å². The molecule has 0 amide bonds. The lowest BCUT2D eigenvalue weighted by atomic mass is 10.0. The largest absolute Gasteiger partial charge is 1.00 e. The molecule has 0 aliphatic rings. The Morgan fingerprint density at radius 2 is 0.370 bits per heavy atom. The Balaban J connectivity index is 0. The summed E-state index contributed by atoms with van der Waals surface area (Å²) in [7, 11) is 0. The molecule has 0 aliphatic carbocycles. The molecule has 0 spiro atoms. The Hall–Kier alpha value is 0.250. The maximum Gasteiger partial charge on any atom is 0.0786 e. The van der Waals surface area contributed by atoms with Gasteiger partial charge < -0.3 is 16.9 Å². The van der Waals surface area contributed by atoms with Gasteiger partial charge in [-0.05, 0) is 38.5 Å². The van der Waals surface area contributed by atoms with Crippen LogP contribution in [0, 0.1) is 0 Å². The van der Waals surface area contributed by atoms with E-state index in [-0.39, 0.29) is 12.4 Å². The van der Waals surface area contributed by atoms with Gasteiger partial charge in [0.25, 0.3) is 0 Å². The van der Waals surface area contributed by atoms with Crippen molar-refractivity contribution in [3.63, 3.8) is 0 Å². The molecule has 0 aromatic heterocycles. The number of quaternary nitrogens is 1. The van der Waals surface area contributed by atoms with Gasteiger partial charge in [0.15, 0.2) is 0 Å². The topological polar surface area (TPSA) is 0 Å². The fraction of sp³-hybridized carbons (Fsp3) is 1.00. The van der Waals surface area contributed by atoms with Crippen molar-refractivity contribution in [2.45, 2.75) is 259 Å². The third kappa shape index (κ3) is 35.6. The minimum atomic E-state index is 0. The lowest BCUT2D eigenvalue weighted by molar-refractivity contribution is -0.928. The second-order valence-corrected chi connectivity index (χ2v) is 15.5. The quantitative estimate of drug-likeness (QED) is 0.0450. The Bertz CT molecular complexity index is 474. The van der Waals surface area contributed by atoms with Crippen molar-refractivity contribution < 1.29 is 16.9 Å². The highest BCUT2D eigenvalue weighted by atomic mass is 35.5. The first kappa shape index (κ1) is 48.4. The molecule has 0 aromatic rings. The van der Waals surface area contributed by atoms with E-state index in [2.05, 4.69) is 27.7 Å². The number of hydrogen-bond acceptors (Lipinski definition) is 0. The second kappa shape index (κ2) is 41.4. The Morgan fingerprint density at radius 1 is 0.196 bits per heavy atom. The van der Waals surface area contributed by atoms with Gasteiger partial charge in [0.1, 0.15) is 0 Å². The molecule has 0 aromatic carbocycles. The van der Waals surface area contributed by atoms with Crippen LogP contribution in [0.3, 0.4) is 0 Å². The zero-order valence-corrected chi connectivity index (χ0v) is 33.9. The number of rotatable bonds is 40. The molecule has 2 heteroatoms. The number of hydrogen-bond donors (Lipinski definition) is 0. The first-order chi connectivity index (χ1) is 22.2. The summed E-state index contributed by atoms with van der Waals surface area (Å²) in [6.07, 6.45) is 52.8. The van der Waals surface area contributed by atoms with Gasteiger partial charge in [-0.25, -0.2) is 0 Å². The van der Waals surface area contributed by atoms with Crippen LogP contribution in [0.15, 0.2) is 0 Å². The van der Waals surface area contributed by atoms with Crippen molar-refractivity contribution in [2.24, 2.45) is 0 Å². The Labute approximate surface area is 301 Å². The highest BCUT2D eigenvalue weighted by Crippen LogP contribution is 2.19. The van der Waals surface area contributed by atoms with Gasteiger partial charge in [0.2, 0.25) is 0 Å². The van der Waals surface area contributed by atoms with Crippen LogP contribution in [0.4, 0.5) is 0 Å². The highest BCUT2D eigenvalue weighted by Gasteiger charge is 2.24. The third-order valence-electron chi connectivity index (χ3n) is 10.9. The predicted molar refractivity (Wildman–Crippen MR) is 209 cm³/mol. The van der Waals surface area contributed by atoms with Crippen LogP contribution in [0.2, 0.25) is 0 Å². The van der Waals surface area contributed by atoms with E-state index in [1.54, 1.807) is 0 Å². The molecule has 0 radical (unpaired) electrons. The summed E-state index contributed by atoms with van der Waals surface area (Å²) < 4.78 is 1.44. The van der Waals surface area contributed by atoms with Gasteiger partial charge in [0.05, 0.1) is 26.2 Å². The first-order valence-corrected chi connectivity index (χ1v) is 22.1. The van der Waals surface area contributed by atoms with Crippen molar-refractivity contribution >= 4 is 0 Å². The fourth-order valence-electron chi connectivity index (χ4n) is 7.96. The molecule has 280 valence electrons. The average molecular weight is 671 g/mol. The molecular weight excluding hydrogens is 578 g/mol. The molecule has 0 N–H and O–H groups in total. The van der Waals surface area contributed by atoms with E-state index in [9.17, 15) is 0 Å². The maximum atomic E-state index is 2.42. The SMILES string of the molecule is CCCCCCCCCCCCCCCCCCC[N+](CCC)(CCC)CCCCCCCCCCCCCCCCCCC.[Cl-]. The van der Waals surface area contributed by atoms with E-state index in [1.165, 1.54) is 262 Å². The third-order valence-corrected chi connectivity index (χ3v) is 10.9. The molecule has 1 nitrogen and oxygen atoms in total. The molecule has 0 unspecified atom stereocenters. The minimum absolute atomic E-state index is 0. The molecule has 46 heavy (non-hydrogen) atoms. The van der Waals surface area contributed by atoms with E-state index in [4.69, 9.17) is 0 Å². The molecule has 0 bridgehead atoms. The number of halogens is 1. The average Bonchev–Trinajstić information content (AvgIpc) is 3.04. The Morgan fingerprint density at radius 3 is 0.543 bits per heavy atom. The van der Waals surface area contributed by atoms with Crippen LogP contribution in [-0.4, -0.2) is 30.7 Å². The van der Waals surface area contributed by atoms with Gasteiger partial charge >= 0.3 is 0 Å². The van der Waals surface area contributed by atoms with E-state index in [0.717, 1.165) is 0 Å². The zero-order valence-electron chi connectivity index (χ0n) is 33.1. The molecule has 0 heterocycles. The summed E-state index contributed by atoms with van der Waals surface area (Å²) in [6.45, 7) is 15.2. The highest BCUT2D eigenvalue weighted by molar-refractivity contribution is 4.54. The Kier molecular flexibility index (Phi) is 43.5. The van der Waals surface area contributed by atoms with Crippen molar-refractivity contribution in [2.75, 3.05) is 26.2 Å². The summed E-state index contributed by atoms with van der Waals surface area (Å²) in [4.78, 5) is 0. The lowest BCUT2D eigenvalue weighted by Crippen LogP contribution is -3.00. The van der Waals surface area contributed by atoms with E-state index in [0.29, 0.717) is 0 Å².